The molecule has 22 heavy (non-hydrogen) atoms. The van der Waals surface area contributed by atoms with Gasteiger partial charge < -0.3 is 18.9 Å². The Morgan fingerprint density at radius 2 is 0.909 bits per heavy atom. The zero-order valence-electron chi connectivity index (χ0n) is 14.9. The molecule has 0 unspecified atom stereocenters. The van der Waals surface area contributed by atoms with E-state index in [4.69, 9.17) is 18.9 Å². The van der Waals surface area contributed by atoms with E-state index in [1.165, 1.54) is 24.9 Å². The van der Waals surface area contributed by atoms with Gasteiger partial charge in [0.25, 0.3) is 0 Å². The number of hydrogen-bond acceptors (Lipinski definition) is 4. The lowest BCUT2D eigenvalue weighted by Gasteiger charge is -2.16. The summed E-state index contributed by atoms with van der Waals surface area (Å²) in [5, 5.41) is 0. The minimum absolute atomic E-state index is 0.00773. The lowest BCUT2D eigenvalue weighted by Crippen LogP contribution is -2.19. The molecule has 0 aromatic heterocycles. The molecular formula is C16H34O4Si2. The second-order valence-electron chi connectivity index (χ2n) is 4.80. The van der Waals surface area contributed by atoms with Gasteiger partial charge in [0.15, 0.2) is 12.6 Å². The minimum Gasteiger partial charge on any atom is -0.353 e. The summed E-state index contributed by atoms with van der Waals surface area (Å²) in [6, 6.07) is 4.67. The molecule has 0 amide bonds. The number of ether oxygens (including phenoxy) is 4. The first-order chi connectivity index (χ1) is 10.8. The van der Waals surface area contributed by atoms with Crippen molar-refractivity contribution in [3.63, 3.8) is 0 Å². The number of hydrogen-bond donors (Lipinski definition) is 0. The molecule has 0 aliphatic rings. The Bertz CT molecular complexity index is 186. The van der Waals surface area contributed by atoms with E-state index < -0.39 is 0 Å². The molecule has 0 spiro atoms. The highest BCUT2D eigenvalue weighted by Gasteiger charge is 2.09. The summed E-state index contributed by atoms with van der Waals surface area (Å²) in [7, 11) is 1.89. The van der Waals surface area contributed by atoms with Crippen molar-refractivity contribution >= 4 is 19.0 Å². The topological polar surface area (TPSA) is 36.9 Å². The predicted molar refractivity (Wildman–Crippen MR) is 94.1 cm³/mol. The van der Waals surface area contributed by atoms with Crippen LogP contribution in [0.5, 0.6) is 0 Å². The lowest BCUT2D eigenvalue weighted by molar-refractivity contribution is -0.123. The van der Waals surface area contributed by atoms with E-state index >= 15 is 0 Å². The van der Waals surface area contributed by atoms with Crippen molar-refractivity contribution < 1.29 is 18.9 Å². The molecule has 0 fully saturated rings. The highest BCUT2D eigenvalue weighted by molar-refractivity contribution is 6.36. The highest BCUT2D eigenvalue weighted by atomic mass is 28.2. The average Bonchev–Trinajstić information content (AvgIpc) is 2.50. The van der Waals surface area contributed by atoms with E-state index in [0.717, 1.165) is 57.6 Å². The van der Waals surface area contributed by atoms with Gasteiger partial charge in [0.1, 0.15) is 0 Å². The van der Waals surface area contributed by atoms with Crippen LogP contribution in [0.3, 0.4) is 0 Å². The molecule has 0 heterocycles. The van der Waals surface area contributed by atoms with Crippen LogP contribution in [0.25, 0.3) is 0 Å². The van der Waals surface area contributed by atoms with E-state index in [0.29, 0.717) is 0 Å². The Morgan fingerprint density at radius 3 is 1.18 bits per heavy atom. The van der Waals surface area contributed by atoms with Gasteiger partial charge in [-0.05, 0) is 39.8 Å². The summed E-state index contributed by atoms with van der Waals surface area (Å²) >= 11 is 0. The Labute approximate surface area is 142 Å². The van der Waals surface area contributed by atoms with Gasteiger partial charge in [0, 0.05) is 45.5 Å². The van der Waals surface area contributed by atoms with Crippen molar-refractivity contribution in [2.45, 2.75) is 77.3 Å². The van der Waals surface area contributed by atoms with Crippen molar-refractivity contribution in [3.8, 4) is 0 Å². The van der Waals surface area contributed by atoms with Gasteiger partial charge in [-0.15, -0.1) is 0 Å². The summed E-state index contributed by atoms with van der Waals surface area (Å²) in [6.45, 7) is 11.0. The molecule has 0 rings (SSSR count). The fourth-order valence-corrected chi connectivity index (χ4v) is 4.37. The first kappa shape index (κ1) is 22.3. The summed E-state index contributed by atoms with van der Waals surface area (Å²) < 4.78 is 22.2. The molecule has 0 saturated carbocycles. The van der Waals surface area contributed by atoms with Gasteiger partial charge in [-0.25, -0.2) is 0 Å². The van der Waals surface area contributed by atoms with Crippen molar-refractivity contribution in [2.24, 2.45) is 0 Å². The smallest absolute Gasteiger partial charge is 0.154 e. The fourth-order valence-electron chi connectivity index (χ4n) is 2.02. The van der Waals surface area contributed by atoms with Crippen LogP contribution < -0.4 is 0 Å². The first-order valence-corrected chi connectivity index (χ1v) is 11.5. The molecule has 4 radical (unpaired) electrons. The SMILES string of the molecule is CCOC(C[Si]CCCC[Si]CC(OCC)OCC)OCC. The fraction of sp³-hybridized carbons (Fsp3) is 1.00. The minimum atomic E-state index is 0.00773. The van der Waals surface area contributed by atoms with E-state index in [9.17, 15) is 0 Å². The van der Waals surface area contributed by atoms with Crippen molar-refractivity contribution in [1.29, 1.82) is 0 Å². The molecule has 6 heteroatoms. The van der Waals surface area contributed by atoms with Gasteiger partial charge in [0.2, 0.25) is 0 Å². The van der Waals surface area contributed by atoms with E-state index in [1.807, 2.05) is 27.7 Å². The largest absolute Gasteiger partial charge is 0.353 e. The third kappa shape index (κ3) is 13.9. The Hall–Kier alpha value is 0.274. The molecule has 0 bridgehead atoms. The van der Waals surface area contributed by atoms with Crippen LogP contribution in [0.4, 0.5) is 0 Å². The highest BCUT2D eigenvalue weighted by Crippen LogP contribution is 2.09. The van der Waals surface area contributed by atoms with E-state index in [-0.39, 0.29) is 12.6 Å². The van der Waals surface area contributed by atoms with Crippen LogP contribution >= 0.6 is 0 Å². The predicted octanol–water partition coefficient (Wildman–Crippen LogP) is 3.65. The molecule has 0 aromatic carbocycles. The Kier molecular flexibility index (Phi) is 17.8. The Balaban J connectivity index is 3.44. The molecule has 130 valence electrons. The van der Waals surface area contributed by atoms with Gasteiger partial charge in [-0.1, -0.05) is 24.9 Å². The first-order valence-electron chi connectivity index (χ1n) is 8.66. The second-order valence-corrected chi connectivity index (χ2v) is 7.61. The van der Waals surface area contributed by atoms with E-state index in [2.05, 4.69) is 0 Å². The summed E-state index contributed by atoms with van der Waals surface area (Å²) in [4.78, 5) is 0. The van der Waals surface area contributed by atoms with Crippen molar-refractivity contribution in [3.05, 3.63) is 0 Å². The third-order valence-corrected chi connectivity index (χ3v) is 5.65. The van der Waals surface area contributed by atoms with Crippen LogP contribution in [-0.4, -0.2) is 58.0 Å². The van der Waals surface area contributed by atoms with E-state index in [1.54, 1.807) is 0 Å². The molecule has 0 saturated heterocycles. The summed E-state index contributed by atoms with van der Waals surface area (Å²) in [5.74, 6) is 0. The molecular weight excluding hydrogens is 312 g/mol. The molecule has 0 aliphatic carbocycles. The van der Waals surface area contributed by atoms with Crippen LogP contribution in [0.15, 0.2) is 0 Å². The average molecular weight is 347 g/mol. The third-order valence-electron chi connectivity index (χ3n) is 2.99. The van der Waals surface area contributed by atoms with Crippen molar-refractivity contribution in [2.75, 3.05) is 26.4 Å². The summed E-state index contributed by atoms with van der Waals surface area (Å²) in [5.41, 5.74) is 0. The standard InChI is InChI=1S/C16H34O4Si2/c1-5-17-15(18-6-2)13-21-11-9-10-12-22-14-16(19-7-3)20-8-4/h15-16H,5-14H2,1-4H3. The van der Waals surface area contributed by atoms with Crippen LogP contribution in [0, 0.1) is 0 Å². The maximum Gasteiger partial charge on any atom is 0.154 e. The van der Waals surface area contributed by atoms with Gasteiger partial charge >= 0.3 is 0 Å². The lowest BCUT2D eigenvalue weighted by atomic mass is 10.4. The van der Waals surface area contributed by atoms with Gasteiger partial charge in [0.05, 0.1) is 0 Å². The zero-order valence-corrected chi connectivity index (χ0v) is 16.9. The quantitative estimate of drug-likeness (QED) is 0.229. The zero-order chi connectivity index (χ0) is 16.5. The monoisotopic (exact) mass is 346 g/mol. The molecule has 0 aromatic rings. The molecule has 0 atom stereocenters. The molecule has 0 aliphatic heterocycles. The van der Waals surface area contributed by atoms with Crippen LogP contribution in [0.1, 0.15) is 40.5 Å². The Morgan fingerprint density at radius 1 is 0.591 bits per heavy atom. The maximum atomic E-state index is 5.56. The maximum absolute atomic E-state index is 5.56. The normalized spacial score (nSPS) is 11.7. The van der Waals surface area contributed by atoms with Crippen molar-refractivity contribution in [1.82, 2.24) is 0 Å². The van der Waals surface area contributed by atoms with Gasteiger partial charge in [-0.2, -0.15) is 0 Å². The number of unbranched alkanes of at least 4 members (excludes halogenated alkanes) is 1. The molecule has 4 nitrogen and oxygen atoms in total. The van der Waals surface area contributed by atoms with Crippen LogP contribution in [0.2, 0.25) is 24.2 Å². The van der Waals surface area contributed by atoms with Gasteiger partial charge in [-0.3, -0.25) is 0 Å². The molecule has 0 N–H and O–H groups in total. The van der Waals surface area contributed by atoms with Crippen LogP contribution in [-0.2, 0) is 18.9 Å². The summed E-state index contributed by atoms with van der Waals surface area (Å²) in [6.07, 6.45) is 2.64. The second kappa shape index (κ2) is 17.6. The number of rotatable bonds is 17.